The molecule has 0 spiro atoms. The van der Waals surface area contributed by atoms with Crippen molar-refractivity contribution in [2.75, 3.05) is 18.4 Å². The molecule has 2 aliphatic rings. The summed E-state index contributed by atoms with van der Waals surface area (Å²) in [5.41, 5.74) is 1.35. The number of rotatable bonds is 5. The van der Waals surface area contributed by atoms with Crippen molar-refractivity contribution in [1.82, 2.24) is 4.90 Å². The molecule has 1 aliphatic carbocycles. The van der Waals surface area contributed by atoms with E-state index in [2.05, 4.69) is 10.2 Å². The van der Waals surface area contributed by atoms with E-state index in [0.29, 0.717) is 23.6 Å². The first-order valence-electron chi connectivity index (χ1n) is 8.27. The van der Waals surface area contributed by atoms with E-state index in [1.165, 1.54) is 19.8 Å². The van der Waals surface area contributed by atoms with Crippen LogP contribution >= 0.6 is 0 Å². The van der Waals surface area contributed by atoms with E-state index in [1.807, 2.05) is 6.07 Å². The van der Waals surface area contributed by atoms with Gasteiger partial charge in [0, 0.05) is 23.7 Å². The third-order valence-corrected chi connectivity index (χ3v) is 4.74. The second kappa shape index (κ2) is 6.61. The third kappa shape index (κ3) is 3.95. The van der Waals surface area contributed by atoms with E-state index in [9.17, 15) is 9.59 Å². The standard InChI is InChI=1S/C18H24N2O2/c1-13(21)15-3-2-4-16(12-15)19-18(22)11-14-7-9-20(10-8-14)17-5-6-17/h2-4,12,14,17H,5-11H2,1H3,(H,19,22). The Balaban J connectivity index is 1.48. The van der Waals surface area contributed by atoms with Gasteiger partial charge in [-0.2, -0.15) is 0 Å². The maximum atomic E-state index is 12.2. The van der Waals surface area contributed by atoms with Crippen LogP contribution in [0.2, 0.25) is 0 Å². The molecule has 0 bridgehead atoms. The smallest absolute Gasteiger partial charge is 0.224 e. The highest BCUT2D eigenvalue weighted by molar-refractivity contribution is 5.97. The molecular weight excluding hydrogens is 276 g/mol. The molecule has 0 aromatic heterocycles. The van der Waals surface area contributed by atoms with Gasteiger partial charge in [0.05, 0.1) is 0 Å². The number of hydrogen-bond acceptors (Lipinski definition) is 3. The summed E-state index contributed by atoms with van der Waals surface area (Å²) in [4.78, 5) is 26.1. The second-order valence-electron chi connectivity index (χ2n) is 6.60. The van der Waals surface area contributed by atoms with E-state index < -0.39 is 0 Å². The summed E-state index contributed by atoms with van der Waals surface area (Å²) in [6.45, 7) is 3.82. The predicted molar refractivity (Wildman–Crippen MR) is 87.0 cm³/mol. The molecule has 3 rings (SSSR count). The van der Waals surface area contributed by atoms with Gasteiger partial charge < -0.3 is 10.2 Å². The third-order valence-electron chi connectivity index (χ3n) is 4.74. The molecule has 118 valence electrons. The fourth-order valence-corrected chi connectivity index (χ4v) is 3.25. The topological polar surface area (TPSA) is 49.4 Å². The Hall–Kier alpha value is -1.68. The zero-order valence-corrected chi connectivity index (χ0v) is 13.2. The van der Waals surface area contributed by atoms with Crippen molar-refractivity contribution in [3.05, 3.63) is 29.8 Å². The number of amides is 1. The molecule has 1 aliphatic heterocycles. The lowest BCUT2D eigenvalue weighted by Gasteiger charge is -2.31. The van der Waals surface area contributed by atoms with Crippen molar-refractivity contribution in [2.45, 2.75) is 45.1 Å². The average molecular weight is 300 g/mol. The van der Waals surface area contributed by atoms with Crippen LogP contribution in [0.5, 0.6) is 0 Å². The number of anilines is 1. The highest BCUT2D eigenvalue weighted by Crippen LogP contribution is 2.31. The minimum Gasteiger partial charge on any atom is -0.326 e. The molecule has 4 heteroatoms. The predicted octanol–water partition coefficient (Wildman–Crippen LogP) is 3.09. The van der Waals surface area contributed by atoms with Gasteiger partial charge in [-0.15, -0.1) is 0 Å². The van der Waals surface area contributed by atoms with Crippen molar-refractivity contribution in [1.29, 1.82) is 0 Å². The van der Waals surface area contributed by atoms with Gasteiger partial charge in [-0.05, 0) is 63.7 Å². The van der Waals surface area contributed by atoms with E-state index in [1.54, 1.807) is 18.2 Å². The number of nitrogens with one attached hydrogen (secondary N) is 1. The van der Waals surface area contributed by atoms with Crippen LogP contribution in [0.1, 0.15) is 49.4 Å². The van der Waals surface area contributed by atoms with E-state index >= 15 is 0 Å². The van der Waals surface area contributed by atoms with Crippen molar-refractivity contribution >= 4 is 17.4 Å². The summed E-state index contributed by atoms with van der Waals surface area (Å²) in [7, 11) is 0. The largest absolute Gasteiger partial charge is 0.326 e. The summed E-state index contributed by atoms with van der Waals surface area (Å²) >= 11 is 0. The molecule has 1 saturated carbocycles. The molecule has 0 unspecified atom stereocenters. The number of carbonyl (C=O) groups excluding carboxylic acids is 2. The van der Waals surface area contributed by atoms with Crippen LogP contribution in [-0.2, 0) is 4.79 Å². The number of likely N-dealkylation sites (tertiary alicyclic amines) is 1. The number of benzene rings is 1. The van der Waals surface area contributed by atoms with Gasteiger partial charge in [0.1, 0.15) is 0 Å². The Kier molecular flexibility index (Phi) is 4.57. The van der Waals surface area contributed by atoms with Crippen molar-refractivity contribution in [3.8, 4) is 0 Å². The summed E-state index contributed by atoms with van der Waals surface area (Å²) in [6.07, 6.45) is 5.55. The van der Waals surface area contributed by atoms with Crippen LogP contribution in [0.25, 0.3) is 0 Å². The SMILES string of the molecule is CC(=O)c1cccc(NC(=O)CC2CCN(C3CC3)CC2)c1. The maximum absolute atomic E-state index is 12.2. The Morgan fingerprint density at radius 1 is 1.18 bits per heavy atom. The summed E-state index contributed by atoms with van der Waals surface area (Å²) < 4.78 is 0. The minimum absolute atomic E-state index is 0.0172. The van der Waals surface area contributed by atoms with Gasteiger partial charge in [0.25, 0.3) is 0 Å². The number of piperidine rings is 1. The molecule has 1 aromatic carbocycles. The number of hydrogen-bond donors (Lipinski definition) is 1. The summed E-state index contributed by atoms with van der Waals surface area (Å²) in [5, 5.41) is 2.93. The normalized spacial score (nSPS) is 19.9. The van der Waals surface area contributed by atoms with Crippen LogP contribution in [0.3, 0.4) is 0 Å². The lowest BCUT2D eigenvalue weighted by atomic mass is 9.93. The molecule has 0 atom stereocenters. The van der Waals surface area contributed by atoms with Crippen LogP contribution in [0.15, 0.2) is 24.3 Å². The molecule has 1 amide bonds. The molecule has 2 fully saturated rings. The first kappa shape index (κ1) is 15.2. The van der Waals surface area contributed by atoms with Gasteiger partial charge in [-0.3, -0.25) is 9.59 Å². The summed E-state index contributed by atoms with van der Waals surface area (Å²) in [5.74, 6) is 0.570. The zero-order chi connectivity index (χ0) is 15.5. The Bertz CT molecular complexity index is 558. The van der Waals surface area contributed by atoms with Gasteiger partial charge in [0.15, 0.2) is 5.78 Å². The van der Waals surface area contributed by atoms with E-state index in [0.717, 1.165) is 32.0 Å². The number of carbonyl (C=O) groups is 2. The highest BCUT2D eigenvalue weighted by atomic mass is 16.1. The maximum Gasteiger partial charge on any atom is 0.224 e. The van der Waals surface area contributed by atoms with Crippen molar-refractivity contribution in [2.24, 2.45) is 5.92 Å². The average Bonchev–Trinajstić information content (AvgIpc) is 3.33. The number of Topliss-reactive ketones (excluding diaryl/α,β-unsaturated/α-hetero) is 1. The Morgan fingerprint density at radius 2 is 1.91 bits per heavy atom. The van der Waals surface area contributed by atoms with Gasteiger partial charge in [0.2, 0.25) is 5.91 Å². The molecule has 22 heavy (non-hydrogen) atoms. The molecule has 4 nitrogen and oxygen atoms in total. The fourth-order valence-electron chi connectivity index (χ4n) is 3.25. The van der Waals surface area contributed by atoms with E-state index in [4.69, 9.17) is 0 Å². The van der Waals surface area contributed by atoms with Gasteiger partial charge in [-0.25, -0.2) is 0 Å². The van der Waals surface area contributed by atoms with E-state index in [-0.39, 0.29) is 11.7 Å². The molecular formula is C18H24N2O2. The Labute approximate surface area is 131 Å². The molecule has 0 radical (unpaired) electrons. The molecule has 1 saturated heterocycles. The molecule has 1 N–H and O–H groups in total. The van der Waals surface area contributed by atoms with Crippen LogP contribution in [-0.4, -0.2) is 35.7 Å². The zero-order valence-electron chi connectivity index (χ0n) is 13.2. The number of nitrogens with zero attached hydrogens (tertiary/aromatic N) is 1. The first-order valence-corrected chi connectivity index (χ1v) is 8.27. The highest BCUT2D eigenvalue weighted by Gasteiger charge is 2.32. The second-order valence-corrected chi connectivity index (χ2v) is 6.60. The van der Waals surface area contributed by atoms with Crippen LogP contribution in [0.4, 0.5) is 5.69 Å². The van der Waals surface area contributed by atoms with Crippen LogP contribution in [0, 0.1) is 5.92 Å². The summed E-state index contributed by atoms with van der Waals surface area (Å²) in [6, 6.07) is 7.99. The molecule has 1 heterocycles. The molecule has 1 aromatic rings. The monoisotopic (exact) mass is 300 g/mol. The van der Waals surface area contributed by atoms with Gasteiger partial charge >= 0.3 is 0 Å². The first-order chi connectivity index (χ1) is 10.6. The minimum atomic E-state index is 0.0172. The lowest BCUT2D eigenvalue weighted by molar-refractivity contribution is -0.117. The number of ketones is 1. The quantitative estimate of drug-likeness (QED) is 0.850. The lowest BCUT2D eigenvalue weighted by Crippen LogP contribution is -2.36. The van der Waals surface area contributed by atoms with Crippen molar-refractivity contribution < 1.29 is 9.59 Å². The van der Waals surface area contributed by atoms with Gasteiger partial charge in [-0.1, -0.05) is 12.1 Å². The fraction of sp³-hybridized carbons (Fsp3) is 0.556. The van der Waals surface area contributed by atoms with Crippen LogP contribution < -0.4 is 5.32 Å². The van der Waals surface area contributed by atoms with Crippen molar-refractivity contribution in [3.63, 3.8) is 0 Å². The Morgan fingerprint density at radius 3 is 2.55 bits per heavy atom.